The molecule has 1 aromatic heterocycles. The molecule has 0 saturated carbocycles. The van der Waals surface area contributed by atoms with Crippen molar-refractivity contribution < 1.29 is 0 Å². The van der Waals surface area contributed by atoms with Crippen LogP contribution in [0.5, 0.6) is 0 Å². The molecule has 0 aliphatic heterocycles. The highest BCUT2D eigenvalue weighted by molar-refractivity contribution is 5.81. The summed E-state index contributed by atoms with van der Waals surface area (Å²) in [5, 5.41) is 4.74. The van der Waals surface area contributed by atoms with Gasteiger partial charge in [0, 0.05) is 23.8 Å². The molecule has 0 fully saturated rings. The summed E-state index contributed by atoms with van der Waals surface area (Å²) in [7, 11) is 0. The van der Waals surface area contributed by atoms with Gasteiger partial charge in [-0.25, -0.2) is 0 Å². The van der Waals surface area contributed by atoms with Crippen molar-refractivity contribution in [2.75, 3.05) is 5.32 Å². The Labute approximate surface area is 119 Å². The standard InChI is InChI=1S/C18H18N2/c1-13-6-3-7-14(2)17(13)20-12-16-9-4-8-15-10-5-11-19-18(15)16/h3-11,20H,12H2,1-2H3. The van der Waals surface area contributed by atoms with Gasteiger partial charge in [0.15, 0.2) is 0 Å². The van der Waals surface area contributed by atoms with E-state index in [4.69, 9.17) is 0 Å². The van der Waals surface area contributed by atoms with Gasteiger partial charge in [-0.15, -0.1) is 0 Å². The third kappa shape index (κ3) is 2.37. The molecule has 1 N–H and O–H groups in total. The monoisotopic (exact) mass is 262 g/mol. The molecule has 0 aliphatic carbocycles. The van der Waals surface area contributed by atoms with E-state index in [9.17, 15) is 0 Å². The first-order chi connectivity index (χ1) is 9.75. The second-order valence-electron chi connectivity index (χ2n) is 5.11. The molecule has 2 heteroatoms. The Morgan fingerprint density at radius 3 is 2.40 bits per heavy atom. The van der Waals surface area contributed by atoms with Crippen molar-refractivity contribution in [2.24, 2.45) is 0 Å². The Morgan fingerprint density at radius 1 is 0.900 bits per heavy atom. The third-order valence-corrected chi connectivity index (χ3v) is 3.65. The lowest BCUT2D eigenvalue weighted by Gasteiger charge is -2.13. The predicted molar refractivity (Wildman–Crippen MR) is 85.0 cm³/mol. The van der Waals surface area contributed by atoms with Crippen LogP contribution in [-0.4, -0.2) is 4.98 Å². The van der Waals surface area contributed by atoms with Gasteiger partial charge in [0.2, 0.25) is 0 Å². The molecule has 0 saturated heterocycles. The van der Waals surface area contributed by atoms with Gasteiger partial charge in [0.1, 0.15) is 0 Å². The van der Waals surface area contributed by atoms with Crippen molar-refractivity contribution in [1.29, 1.82) is 0 Å². The lowest BCUT2D eigenvalue weighted by Crippen LogP contribution is -2.03. The number of benzene rings is 2. The summed E-state index contributed by atoms with van der Waals surface area (Å²) in [5.41, 5.74) is 6.08. The fraction of sp³-hybridized carbons (Fsp3) is 0.167. The quantitative estimate of drug-likeness (QED) is 0.753. The van der Waals surface area contributed by atoms with Crippen LogP contribution < -0.4 is 5.32 Å². The SMILES string of the molecule is Cc1cccc(C)c1NCc1cccc2cccnc12. The highest BCUT2D eigenvalue weighted by Crippen LogP contribution is 2.22. The zero-order valence-corrected chi connectivity index (χ0v) is 11.9. The maximum absolute atomic E-state index is 4.50. The van der Waals surface area contributed by atoms with Crippen molar-refractivity contribution >= 4 is 16.6 Å². The fourth-order valence-corrected chi connectivity index (χ4v) is 2.59. The summed E-state index contributed by atoms with van der Waals surface area (Å²) in [4.78, 5) is 4.50. The van der Waals surface area contributed by atoms with E-state index in [-0.39, 0.29) is 0 Å². The van der Waals surface area contributed by atoms with Gasteiger partial charge in [0.05, 0.1) is 5.52 Å². The molecule has 100 valence electrons. The number of anilines is 1. The predicted octanol–water partition coefficient (Wildman–Crippen LogP) is 4.46. The Hall–Kier alpha value is -2.35. The van der Waals surface area contributed by atoms with E-state index in [1.54, 1.807) is 0 Å². The average Bonchev–Trinajstić information content (AvgIpc) is 2.47. The molecule has 3 aromatic rings. The molecule has 0 bridgehead atoms. The molecule has 0 radical (unpaired) electrons. The lowest BCUT2D eigenvalue weighted by molar-refractivity contribution is 1.13. The number of nitrogens with one attached hydrogen (secondary N) is 1. The van der Waals surface area contributed by atoms with Crippen molar-refractivity contribution in [3.05, 3.63) is 71.4 Å². The summed E-state index contributed by atoms with van der Waals surface area (Å²) in [6.07, 6.45) is 1.85. The summed E-state index contributed by atoms with van der Waals surface area (Å²) in [6, 6.07) is 16.8. The maximum Gasteiger partial charge on any atom is 0.0751 e. The Bertz CT molecular complexity index is 722. The molecule has 0 amide bonds. The van der Waals surface area contributed by atoms with Crippen molar-refractivity contribution in [1.82, 2.24) is 4.98 Å². The van der Waals surface area contributed by atoms with Crippen LogP contribution >= 0.6 is 0 Å². The third-order valence-electron chi connectivity index (χ3n) is 3.65. The fourth-order valence-electron chi connectivity index (χ4n) is 2.59. The van der Waals surface area contributed by atoms with E-state index in [1.165, 1.54) is 27.8 Å². The second-order valence-corrected chi connectivity index (χ2v) is 5.11. The van der Waals surface area contributed by atoms with Crippen LogP contribution in [0.25, 0.3) is 10.9 Å². The normalized spacial score (nSPS) is 10.7. The number of hydrogen-bond donors (Lipinski definition) is 1. The molecule has 3 rings (SSSR count). The minimum Gasteiger partial charge on any atom is -0.380 e. The summed E-state index contributed by atoms with van der Waals surface area (Å²) in [5.74, 6) is 0. The average molecular weight is 262 g/mol. The molecule has 0 aliphatic rings. The van der Waals surface area contributed by atoms with Gasteiger partial charge in [-0.05, 0) is 36.6 Å². The maximum atomic E-state index is 4.50. The van der Waals surface area contributed by atoms with Crippen LogP contribution in [-0.2, 0) is 6.54 Å². The van der Waals surface area contributed by atoms with Gasteiger partial charge in [-0.3, -0.25) is 4.98 Å². The van der Waals surface area contributed by atoms with Crippen LogP contribution in [0.4, 0.5) is 5.69 Å². The van der Waals surface area contributed by atoms with E-state index in [2.05, 4.69) is 66.6 Å². The van der Waals surface area contributed by atoms with E-state index in [0.717, 1.165) is 12.1 Å². The van der Waals surface area contributed by atoms with Gasteiger partial charge >= 0.3 is 0 Å². The highest BCUT2D eigenvalue weighted by Gasteiger charge is 2.04. The van der Waals surface area contributed by atoms with Crippen molar-refractivity contribution in [2.45, 2.75) is 20.4 Å². The Balaban J connectivity index is 1.91. The highest BCUT2D eigenvalue weighted by atomic mass is 14.9. The molecule has 0 spiro atoms. The number of pyridine rings is 1. The number of aromatic nitrogens is 1. The number of para-hydroxylation sites is 2. The first-order valence-electron chi connectivity index (χ1n) is 6.88. The van der Waals surface area contributed by atoms with Gasteiger partial charge < -0.3 is 5.32 Å². The van der Waals surface area contributed by atoms with Crippen molar-refractivity contribution in [3.8, 4) is 0 Å². The van der Waals surface area contributed by atoms with Gasteiger partial charge in [0.25, 0.3) is 0 Å². The molecule has 0 unspecified atom stereocenters. The molecular weight excluding hydrogens is 244 g/mol. The van der Waals surface area contributed by atoms with E-state index in [1.807, 2.05) is 12.3 Å². The van der Waals surface area contributed by atoms with Crippen LogP contribution in [0.1, 0.15) is 16.7 Å². The van der Waals surface area contributed by atoms with E-state index < -0.39 is 0 Å². The first-order valence-corrected chi connectivity index (χ1v) is 6.88. The molecule has 20 heavy (non-hydrogen) atoms. The molecule has 0 atom stereocenters. The minimum atomic E-state index is 0.792. The number of hydrogen-bond acceptors (Lipinski definition) is 2. The lowest BCUT2D eigenvalue weighted by atomic mass is 10.1. The Morgan fingerprint density at radius 2 is 1.60 bits per heavy atom. The number of nitrogens with zero attached hydrogens (tertiary/aromatic N) is 1. The largest absolute Gasteiger partial charge is 0.380 e. The van der Waals surface area contributed by atoms with Crippen LogP contribution in [0.15, 0.2) is 54.7 Å². The van der Waals surface area contributed by atoms with Crippen LogP contribution in [0.2, 0.25) is 0 Å². The molecule has 2 nitrogen and oxygen atoms in total. The van der Waals surface area contributed by atoms with Gasteiger partial charge in [-0.2, -0.15) is 0 Å². The van der Waals surface area contributed by atoms with Crippen LogP contribution in [0.3, 0.4) is 0 Å². The number of aryl methyl sites for hydroxylation is 2. The number of fused-ring (bicyclic) bond motifs is 1. The van der Waals surface area contributed by atoms with Gasteiger partial charge in [-0.1, -0.05) is 42.5 Å². The van der Waals surface area contributed by atoms with Crippen LogP contribution in [0, 0.1) is 13.8 Å². The smallest absolute Gasteiger partial charge is 0.0751 e. The minimum absolute atomic E-state index is 0.792. The zero-order valence-electron chi connectivity index (χ0n) is 11.9. The second kappa shape index (κ2) is 5.33. The molecular formula is C18H18N2. The number of rotatable bonds is 3. The zero-order chi connectivity index (χ0) is 13.9. The summed E-state index contributed by atoms with van der Waals surface area (Å²) < 4.78 is 0. The van der Waals surface area contributed by atoms with E-state index >= 15 is 0 Å². The van der Waals surface area contributed by atoms with E-state index in [0.29, 0.717) is 0 Å². The molecule has 2 aromatic carbocycles. The van der Waals surface area contributed by atoms with Crippen molar-refractivity contribution in [3.63, 3.8) is 0 Å². The summed E-state index contributed by atoms with van der Waals surface area (Å²) >= 11 is 0. The topological polar surface area (TPSA) is 24.9 Å². The molecule has 1 heterocycles. The first kappa shape index (κ1) is 12.7. The Kier molecular flexibility index (Phi) is 3.38. The summed E-state index contributed by atoms with van der Waals surface area (Å²) in [6.45, 7) is 5.06.